The maximum atomic E-state index is 11.4. The Morgan fingerprint density at radius 3 is 2.65 bits per heavy atom. The van der Waals surface area contributed by atoms with Crippen LogP contribution >= 0.6 is 11.3 Å². The molecule has 0 aliphatic carbocycles. The zero-order valence-electron chi connectivity index (χ0n) is 10.4. The average Bonchev–Trinajstić information content (AvgIpc) is 2.70. The minimum absolute atomic E-state index is 0.558. The first-order valence-corrected chi connectivity index (χ1v) is 8.44. The number of nitrogens with zero attached hydrogens (tertiary/aromatic N) is 2. The molecule has 1 N–H and O–H groups in total. The Hall–Kier alpha value is -0.530. The molecular formula is C10H19N3O2S2. The summed E-state index contributed by atoms with van der Waals surface area (Å²) in [5, 5.41) is 12.1. The number of rotatable bonds is 7. The van der Waals surface area contributed by atoms with Gasteiger partial charge in [0, 0.05) is 19.2 Å². The molecule has 0 spiro atoms. The lowest BCUT2D eigenvalue weighted by Gasteiger charge is -2.03. The molecule has 0 bridgehead atoms. The van der Waals surface area contributed by atoms with Crippen LogP contribution in [0, 0.1) is 0 Å². The molecule has 1 aromatic rings. The molecule has 0 saturated heterocycles. The molecule has 0 aromatic carbocycles. The van der Waals surface area contributed by atoms with Gasteiger partial charge in [0.1, 0.15) is 15.3 Å². The van der Waals surface area contributed by atoms with Crippen molar-refractivity contribution in [2.24, 2.45) is 0 Å². The first-order valence-electron chi connectivity index (χ1n) is 5.67. The van der Waals surface area contributed by atoms with Crippen molar-refractivity contribution in [1.29, 1.82) is 0 Å². The van der Waals surface area contributed by atoms with E-state index >= 15 is 0 Å². The normalized spacial score (nSPS) is 13.8. The molecule has 1 aromatic heterocycles. The van der Waals surface area contributed by atoms with Crippen LogP contribution in [0.5, 0.6) is 0 Å². The van der Waals surface area contributed by atoms with Gasteiger partial charge in [-0.25, -0.2) is 8.42 Å². The maximum absolute atomic E-state index is 11.4. The van der Waals surface area contributed by atoms with E-state index in [1.807, 2.05) is 0 Å². The lowest BCUT2D eigenvalue weighted by atomic mass is 10.4. The molecule has 0 fully saturated rings. The van der Waals surface area contributed by atoms with Crippen LogP contribution in [0.2, 0.25) is 0 Å². The van der Waals surface area contributed by atoms with E-state index in [4.69, 9.17) is 0 Å². The Morgan fingerprint density at radius 1 is 1.35 bits per heavy atom. The summed E-state index contributed by atoms with van der Waals surface area (Å²) in [5.41, 5.74) is 0. The summed E-state index contributed by atoms with van der Waals surface area (Å²) >= 11 is 1.38. The van der Waals surface area contributed by atoms with Crippen molar-refractivity contribution in [3.63, 3.8) is 0 Å². The summed E-state index contributed by atoms with van der Waals surface area (Å²) in [5.74, 6) is 0. The number of sulfone groups is 1. The van der Waals surface area contributed by atoms with Crippen molar-refractivity contribution >= 4 is 21.2 Å². The van der Waals surface area contributed by atoms with Gasteiger partial charge in [0.25, 0.3) is 0 Å². The third-order valence-corrected chi connectivity index (χ3v) is 5.24. The van der Waals surface area contributed by atoms with E-state index in [1.54, 1.807) is 6.92 Å². The second-order valence-electron chi connectivity index (χ2n) is 4.01. The molecule has 1 unspecified atom stereocenters. The number of hydrogen-bond acceptors (Lipinski definition) is 6. The van der Waals surface area contributed by atoms with Crippen LogP contribution in [0.3, 0.4) is 0 Å². The van der Waals surface area contributed by atoms with Gasteiger partial charge in [-0.1, -0.05) is 6.92 Å². The summed E-state index contributed by atoms with van der Waals surface area (Å²) in [6, 6.07) is 0. The lowest BCUT2D eigenvalue weighted by molar-refractivity contribution is 0.591. The molecule has 1 heterocycles. The topological polar surface area (TPSA) is 72.0 Å². The Kier molecular flexibility index (Phi) is 5.48. The van der Waals surface area contributed by atoms with Gasteiger partial charge in [0.2, 0.25) is 0 Å². The number of aromatic nitrogens is 2. The molecule has 0 radical (unpaired) electrons. The largest absolute Gasteiger partial charge is 0.316 e. The molecule has 0 amide bonds. The van der Waals surface area contributed by atoms with Crippen LogP contribution in [0.4, 0.5) is 0 Å². The monoisotopic (exact) mass is 277 g/mol. The van der Waals surface area contributed by atoms with Gasteiger partial charge in [0.15, 0.2) is 9.84 Å². The van der Waals surface area contributed by atoms with Crippen LogP contribution in [-0.2, 0) is 16.3 Å². The summed E-state index contributed by atoms with van der Waals surface area (Å²) < 4.78 is 22.7. The third-order valence-electron chi connectivity index (χ3n) is 2.41. The molecule has 1 atom stereocenters. The van der Waals surface area contributed by atoms with E-state index < -0.39 is 15.1 Å². The van der Waals surface area contributed by atoms with Gasteiger partial charge in [-0.2, -0.15) is 0 Å². The molecule has 0 aliphatic rings. The highest BCUT2D eigenvalue weighted by Crippen LogP contribution is 2.24. The fourth-order valence-electron chi connectivity index (χ4n) is 1.21. The Labute approximate surface area is 107 Å². The molecule has 0 aliphatic heterocycles. The minimum atomic E-state index is -3.08. The zero-order chi connectivity index (χ0) is 12.9. The van der Waals surface area contributed by atoms with Crippen LogP contribution in [-0.4, -0.2) is 38.0 Å². The van der Waals surface area contributed by atoms with Gasteiger partial charge >= 0.3 is 0 Å². The highest BCUT2D eigenvalue weighted by Gasteiger charge is 2.21. The fraction of sp³-hybridized carbons (Fsp3) is 0.800. The van der Waals surface area contributed by atoms with Gasteiger partial charge in [-0.15, -0.1) is 21.5 Å². The third kappa shape index (κ3) is 4.69. The van der Waals surface area contributed by atoms with Crippen LogP contribution in [0.15, 0.2) is 0 Å². The van der Waals surface area contributed by atoms with Crippen molar-refractivity contribution in [2.75, 3.05) is 19.3 Å². The van der Waals surface area contributed by atoms with Gasteiger partial charge in [-0.3, -0.25) is 0 Å². The van der Waals surface area contributed by atoms with Crippen LogP contribution < -0.4 is 5.32 Å². The van der Waals surface area contributed by atoms with Crippen molar-refractivity contribution < 1.29 is 8.42 Å². The van der Waals surface area contributed by atoms with Crippen LogP contribution in [0.25, 0.3) is 0 Å². The predicted molar refractivity (Wildman–Crippen MR) is 70.0 cm³/mol. The molecule has 5 nitrogen and oxygen atoms in total. The van der Waals surface area contributed by atoms with E-state index in [1.165, 1.54) is 17.6 Å². The average molecular weight is 277 g/mol. The van der Waals surface area contributed by atoms with Gasteiger partial charge in [-0.05, 0) is 19.9 Å². The van der Waals surface area contributed by atoms with E-state index in [2.05, 4.69) is 22.4 Å². The molecule has 17 heavy (non-hydrogen) atoms. The highest BCUT2D eigenvalue weighted by atomic mass is 32.2. The highest BCUT2D eigenvalue weighted by molar-refractivity contribution is 7.91. The molecule has 0 saturated carbocycles. The Balaban J connectivity index is 2.54. The quantitative estimate of drug-likeness (QED) is 0.758. The van der Waals surface area contributed by atoms with E-state index in [-0.39, 0.29) is 0 Å². The van der Waals surface area contributed by atoms with E-state index in [9.17, 15) is 8.42 Å². The van der Waals surface area contributed by atoms with Crippen molar-refractivity contribution in [3.05, 3.63) is 10.0 Å². The molecular weight excluding hydrogens is 258 g/mol. The van der Waals surface area contributed by atoms with Crippen molar-refractivity contribution in [2.45, 2.75) is 31.9 Å². The standard InChI is InChI=1S/C10H19N3O2S2/c1-4-6-11-7-5-9-12-13-10(16-9)8(2)17(3,14)15/h8,11H,4-7H2,1-3H3. The summed E-state index contributed by atoms with van der Waals surface area (Å²) in [4.78, 5) is 0. The van der Waals surface area contributed by atoms with Crippen LogP contribution in [0.1, 0.15) is 35.5 Å². The predicted octanol–water partition coefficient (Wildman–Crippen LogP) is 1.19. The zero-order valence-corrected chi connectivity index (χ0v) is 12.1. The lowest BCUT2D eigenvalue weighted by Crippen LogP contribution is -2.17. The number of hydrogen-bond donors (Lipinski definition) is 1. The Morgan fingerprint density at radius 2 is 2.06 bits per heavy atom. The molecule has 7 heteroatoms. The SMILES string of the molecule is CCCNCCc1nnc(C(C)S(C)(=O)=O)s1. The summed E-state index contributed by atoms with van der Waals surface area (Å²) in [6.07, 6.45) is 3.13. The fourth-order valence-corrected chi connectivity index (χ4v) is 3.07. The summed E-state index contributed by atoms with van der Waals surface area (Å²) in [6.45, 7) is 5.61. The van der Waals surface area contributed by atoms with Gasteiger partial charge < -0.3 is 5.32 Å². The number of nitrogens with one attached hydrogen (secondary N) is 1. The second kappa shape index (κ2) is 6.42. The minimum Gasteiger partial charge on any atom is -0.316 e. The molecule has 1 rings (SSSR count). The summed E-state index contributed by atoms with van der Waals surface area (Å²) in [7, 11) is -3.08. The Bertz CT molecular complexity index is 442. The van der Waals surface area contributed by atoms with E-state index in [0.717, 1.165) is 30.9 Å². The van der Waals surface area contributed by atoms with Crippen molar-refractivity contribution in [3.8, 4) is 0 Å². The van der Waals surface area contributed by atoms with Gasteiger partial charge in [0.05, 0.1) is 0 Å². The second-order valence-corrected chi connectivity index (χ2v) is 7.47. The van der Waals surface area contributed by atoms with E-state index in [0.29, 0.717) is 5.01 Å². The first-order chi connectivity index (χ1) is 7.95. The smallest absolute Gasteiger partial charge is 0.156 e. The molecule has 98 valence electrons. The maximum Gasteiger partial charge on any atom is 0.156 e. The van der Waals surface area contributed by atoms with Crippen molar-refractivity contribution in [1.82, 2.24) is 15.5 Å². The first kappa shape index (κ1) is 14.5.